The van der Waals surface area contributed by atoms with Crippen LogP contribution in [-0.4, -0.2) is 51.4 Å². The fourth-order valence-corrected chi connectivity index (χ4v) is 5.90. The summed E-state index contributed by atoms with van der Waals surface area (Å²) in [5.74, 6) is -0.457. The Hall–Kier alpha value is -3.85. The van der Waals surface area contributed by atoms with Crippen molar-refractivity contribution in [2.24, 2.45) is 0 Å². The van der Waals surface area contributed by atoms with Gasteiger partial charge in [-0.05, 0) is 56.5 Å². The normalized spacial score (nSPS) is 11.9. The van der Waals surface area contributed by atoms with Crippen molar-refractivity contribution in [2.45, 2.75) is 58.0 Å². The number of aryl methyl sites for hydroxylation is 2. The number of sulfonamides is 1. The lowest BCUT2D eigenvalue weighted by molar-refractivity contribution is -0.140. The molecule has 2 amide bonds. The van der Waals surface area contributed by atoms with E-state index < -0.39 is 28.5 Å². The number of para-hydroxylation sites is 2. The number of methoxy groups -OCH3 is 1. The molecular weight excluding hydrogens is 526 g/mol. The highest BCUT2D eigenvalue weighted by Gasteiger charge is 2.34. The highest BCUT2D eigenvalue weighted by Crippen LogP contribution is 2.32. The van der Waals surface area contributed by atoms with Gasteiger partial charge in [-0.3, -0.25) is 13.9 Å². The molecule has 0 aromatic heterocycles. The van der Waals surface area contributed by atoms with Gasteiger partial charge in [0.2, 0.25) is 11.8 Å². The number of carbonyl (C=O) groups excluding carboxylic acids is 2. The Labute approximate surface area is 238 Å². The second kappa shape index (κ2) is 14.0. The third kappa shape index (κ3) is 7.41. The molecule has 3 rings (SSSR count). The minimum atomic E-state index is -4.17. The first-order valence-corrected chi connectivity index (χ1v) is 14.9. The van der Waals surface area contributed by atoms with E-state index in [1.54, 1.807) is 36.4 Å². The van der Waals surface area contributed by atoms with E-state index in [1.165, 1.54) is 24.1 Å². The summed E-state index contributed by atoms with van der Waals surface area (Å²) >= 11 is 0. The first-order valence-electron chi connectivity index (χ1n) is 13.5. The lowest BCUT2D eigenvalue weighted by Gasteiger charge is -2.33. The van der Waals surface area contributed by atoms with Crippen LogP contribution in [-0.2, 0) is 26.2 Å². The van der Waals surface area contributed by atoms with Gasteiger partial charge in [-0.15, -0.1) is 0 Å². The van der Waals surface area contributed by atoms with Gasteiger partial charge in [-0.1, -0.05) is 73.5 Å². The second-order valence-corrected chi connectivity index (χ2v) is 11.6. The predicted molar refractivity (Wildman–Crippen MR) is 158 cm³/mol. The summed E-state index contributed by atoms with van der Waals surface area (Å²) in [6, 6.07) is 20.1. The molecule has 3 aromatic carbocycles. The fourth-order valence-electron chi connectivity index (χ4n) is 4.48. The number of ether oxygens (including phenoxy) is 1. The quantitative estimate of drug-likeness (QED) is 0.320. The van der Waals surface area contributed by atoms with E-state index in [-0.39, 0.29) is 23.0 Å². The molecule has 1 atom stereocenters. The molecular formula is C31H39N3O5S. The van der Waals surface area contributed by atoms with Crippen LogP contribution in [0, 0.1) is 13.8 Å². The van der Waals surface area contributed by atoms with E-state index in [9.17, 15) is 18.0 Å². The number of nitrogens with one attached hydrogen (secondary N) is 1. The molecule has 0 spiro atoms. The van der Waals surface area contributed by atoms with Gasteiger partial charge in [0.05, 0.1) is 17.7 Å². The van der Waals surface area contributed by atoms with Gasteiger partial charge in [0.25, 0.3) is 10.0 Å². The van der Waals surface area contributed by atoms with E-state index in [4.69, 9.17) is 4.74 Å². The van der Waals surface area contributed by atoms with E-state index >= 15 is 0 Å². The number of benzene rings is 3. The molecule has 0 aliphatic heterocycles. The molecule has 0 heterocycles. The third-order valence-corrected chi connectivity index (χ3v) is 8.39. The van der Waals surface area contributed by atoms with Crippen LogP contribution in [0.3, 0.4) is 0 Å². The fraction of sp³-hybridized carbons (Fsp3) is 0.355. The lowest BCUT2D eigenvalue weighted by atomic mass is 10.1. The molecule has 0 aliphatic rings. The number of nitrogens with zero attached hydrogens (tertiary/aromatic N) is 2. The van der Waals surface area contributed by atoms with Gasteiger partial charge < -0.3 is 15.0 Å². The van der Waals surface area contributed by atoms with Crippen LogP contribution >= 0.6 is 0 Å². The molecule has 9 heteroatoms. The largest absolute Gasteiger partial charge is 0.495 e. The van der Waals surface area contributed by atoms with Crippen LogP contribution in [0.4, 0.5) is 5.69 Å². The Morgan fingerprint density at radius 1 is 0.925 bits per heavy atom. The van der Waals surface area contributed by atoms with Gasteiger partial charge in [0, 0.05) is 13.1 Å². The molecule has 0 radical (unpaired) electrons. The zero-order valence-corrected chi connectivity index (χ0v) is 24.7. The van der Waals surface area contributed by atoms with E-state index in [0.717, 1.165) is 27.4 Å². The highest BCUT2D eigenvalue weighted by atomic mass is 32.2. The standard InChI is InChI=1S/C31H39N3O5S/c1-6-19-32-31(36)27(7-2)33(21-25-12-10-11-24(4)20-25)30(35)22-34(28-13-8-9-14-29(28)39-5)40(37,38)26-17-15-23(3)16-18-26/h8-18,20,27H,6-7,19,21-22H2,1-5H3,(H,32,36). The van der Waals surface area contributed by atoms with Crippen molar-refractivity contribution in [3.05, 3.63) is 89.5 Å². The van der Waals surface area contributed by atoms with Crippen LogP contribution in [0.5, 0.6) is 5.75 Å². The maximum atomic E-state index is 14.1. The van der Waals surface area contributed by atoms with Crippen molar-refractivity contribution in [1.29, 1.82) is 0 Å². The molecule has 3 aromatic rings. The Morgan fingerprint density at radius 2 is 1.62 bits per heavy atom. The number of anilines is 1. The van der Waals surface area contributed by atoms with Crippen molar-refractivity contribution in [3.63, 3.8) is 0 Å². The minimum absolute atomic E-state index is 0.0507. The summed E-state index contributed by atoms with van der Waals surface area (Å²) < 4.78 is 34.6. The summed E-state index contributed by atoms with van der Waals surface area (Å²) in [6.07, 6.45) is 1.12. The smallest absolute Gasteiger partial charge is 0.264 e. The molecule has 1 N–H and O–H groups in total. The van der Waals surface area contributed by atoms with Crippen molar-refractivity contribution in [1.82, 2.24) is 10.2 Å². The zero-order valence-electron chi connectivity index (χ0n) is 23.9. The molecule has 0 saturated carbocycles. The molecule has 214 valence electrons. The second-order valence-electron chi connectivity index (χ2n) is 9.72. The Bertz CT molecular complexity index is 1410. The zero-order chi connectivity index (χ0) is 29.3. The molecule has 0 bridgehead atoms. The van der Waals surface area contributed by atoms with Gasteiger partial charge in [0.1, 0.15) is 18.3 Å². The molecule has 0 fully saturated rings. The van der Waals surface area contributed by atoms with Gasteiger partial charge >= 0.3 is 0 Å². The van der Waals surface area contributed by atoms with E-state index in [2.05, 4.69) is 5.32 Å². The summed E-state index contributed by atoms with van der Waals surface area (Å²) in [5.41, 5.74) is 3.01. The van der Waals surface area contributed by atoms with Crippen molar-refractivity contribution in [2.75, 3.05) is 24.5 Å². The van der Waals surface area contributed by atoms with Crippen LogP contribution in [0.15, 0.2) is 77.7 Å². The molecule has 0 saturated heterocycles. The minimum Gasteiger partial charge on any atom is -0.495 e. The third-order valence-electron chi connectivity index (χ3n) is 6.61. The number of hydrogen-bond acceptors (Lipinski definition) is 5. The Morgan fingerprint density at radius 3 is 2.25 bits per heavy atom. The van der Waals surface area contributed by atoms with Crippen LogP contribution in [0.25, 0.3) is 0 Å². The molecule has 8 nitrogen and oxygen atoms in total. The average Bonchev–Trinajstić information content (AvgIpc) is 2.94. The number of carbonyl (C=O) groups is 2. The highest BCUT2D eigenvalue weighted by molar-refractivity contribution is 7.92. The first kappa shape index (κ1) is 30.7. The lowest BCUT2D eigenvalue weighted by Crippen LogP contribution is -2.52. The summed E-state index contributed by atoms with van der Waals surface area (Å²) in [6.45, 7) is 7.75. The number of amides is 2. The summed E-state index contributed by atoms with van der Waals surface area (Å²) in [4.78, 5) is 28.8. The van der Waals surface area contributed by atoms with Crippen molar-refractivity contribution >= 4 is 27.5 Å². The number of hydrogen-bond donors (Lipinski definition) is 1. The van der Waals surface area contributed by atoms with E-state index in [0.29, 0.717) is 18.7 Å². The summed E-state index contributed by atoms with van der Waals surface area (Å²) in [7, 11) is -2.72. The van der Waals surface area contributed by atoms with Crippen LogP contribution in [0.1, 0.15) is 43.4 Å². The van der Waals surface area contributed by atoms with Crippen LogP contribution < -0.4 is 14.4 Å². The molecule has 40 heavy (non-hydrogen) atoms. The monoisotopic (exact) mass is 565 g/mol. The van der Waals surface area contributed by atoms with Crippen molar-refractivity contribution < 1.29 is 22.7 Å². The molecule has 1 unspecified atom stereocenters. The summed E-state index contributed by atoms with van der Waals surface area (Å²) in [5, 5.41) is 2.90. The topological polar surface area (TPSA) is 96.0 Å². The number of rotatable bonds is 13. The predicted octanol–water partition coefficient (Wildman–Crippen LogP) is 4.84. The Kier molecular flexibility index (Phi) is 10.7. The van der Waals surface area contributed by atoms with Crippen LogP contribution in [0.2, 0.25) is 0 Å². The van der Waals surface area contributed by atoms with E-state index in [1.807, 2.05) is 52.0 Å². The van der Waals surface area contributed by atoms with Gasteiger partial charge in [0.15, 0.2) is 0 Å². The first-order chi connectivity index (χ1) is 19.1. The van der Waals surface area contributed by atoms with Gasteiger partial charge in [-0.2, -0.15) is 0 Å². The average molecular weight is 566 g/mol. The SMILES string of the molecule is CCCNC(=O)C(CC)N(Cc1cccc(C)c1)C(=O)CN(c1ccccc1OC)S(=O)(=O)c1ccc(C)cc1. The maximum absolute atomic E-state index is 14.1. The Balaban J connectivity index is 2.09. The van der Waals surface area contributed by atoms with Crippen molar-refractivity contribution in [3.8, 4) is 5.75 Å². The molecule has 0 aliphatic carbocycles. The maximum Gasteiger partial charge on any atom is 0.264 e. The van der Waals surface area contributed by atoms with Gasteiger partial charge in [-0.25, -0.2) is 8.42 Å².